The fourth-order valence-corrected chi connectivity index (χ4v) is 6.41. The number of thiophene rings is 2. The molecule has 6 nitrogen and oxygen atoms in total. The zero-order chi connectivity index (χ0) is 19.9. The highest BCUT2D eigenvalue weighted by atomic mass is 32.2. The molecule has 2 aromatic heterocycles. The molecule has 0 saturated carbocycles. The second-order valence-corrected chi connectivity index (χ2v) is 10.3. The summed E-state index contributed by atoms with van der Waals surface area (Å²) in [6.07, 6.45) is 0.747. The summed E-state index contributed by atoms with van der Waals surface area (Å²) in [5, 5.41) is 8.68. The lowest BCUT2D eigenvalue weighted by atomic mass is 10.3. The molecule has 0 saturated heterocycles. The number of nitrogens with zero attached hydrogens (tertiary/aromatic N) is 2. The van der Waals surface area contributed by atoms with E-state index < -0.39 is 10.0 Å². The lowest BCUT2D eigenvalue weighted by Gasteiger charge is -2.16. The molecular formula is C18H28N4O2S3. The summed E-state index contributed by atoms with van der Waals surface area (Å²) < 4.78 is 27.0. The van der Waals surface area contributed by atoms with Crippen molar-refractivity contribution < 1.29 is 8.42 Å². The quantitative estimate of drug-likeness (QED) is 0.476. The maximum absolute atomic E-state index is 12.6. The molecule has 27 heavy (non-hydrogen) atoms. The summed E-state index contributed by atoms with van der Waals surface area (Å²) in [5.41, 5.74) is 1.28. The summed E-state index contributed by atoms with van der Waals surface area (Å²) in [5.74, 6) is 0.746. The number of rotatable bonds is 9. The van der Waals surface area contributed by atoms with Crippen LogP contribution in [0.2, 0.25) is 0 Å². The van der Waals surface area contributed by atoms with E-state index >= 15 is 0 Å². The molecule has 0 aromatic carbocycles. The van der Waals surface area contributed by atoms with Gasteiger partial charge in [-0.3, -0.25) is 4.99 Å². The summed E-state index contributed by atoms with van der Waals surface area (Å²) >= 11 is 3.07. The molecule has 0 radical (unpaired) electrons. The number of aliphatic imine (C=N–C) groups is 1. The first-order valence-electron chi connectivity index (χ1n) is 8.98. The van der Waals surface area contributed by atoms with Crippen LogP contribution in [0.25, 0.3) is 0 Å². The maximum atomic E-state index is 12.6. The van der Waals surface area contributed by atoms with Crippen LogP contribution < -0.4 is 10.6 Å². The van der Waals surface area contributed by atoms with Crippen molar-refractivity contribution in [2.24, 2.45) is 4.99 Å². The van der Waals surface area contributed by atoms with Crippen molar-refractivity contribution >= 4 is 38.7 Å². The molecule has 0 amide bonds. The normalized spacial score (nSPS) is 12.6. The van der Waals surface area contributed by atoms with Crippen LogP contribution in [0.3, 0.4) is 0 Å². The van der Waals surface area contributed by atoms with E-state index in [-0.39, 0.29) is 0 Å². The van der Waals surface area contributed by atoms with Gasteiger partial charge in [-0.25, -0.2) is 8.42 Å². The molecule has 2 heterocycles. The first-order chi connectivity index (χ1) is 12.9. The molecule has 9 heteroatoms. The molecule has 0 fully saturated rings. The number of aryl methyl sites for hydroxylation is 1. The van der Waals surface area contributed by atoms with E-state index in [4.69, 9.17) is 0 Å². The Kier molecular flexibility index (Phi) is 8.28. The Hall–Kier alpha value is -1.42. The Morgan fingerprint density at radius 1 is 1.19 bits per heavy atom. The predicted octanol–water partition coefficient (Wildman–Crippen LogP) is 3.06. The smallest absolute Gasteiger partial charge is 0.252 e. The highest BCUT2D eigenvalue weighted by Gasteiger charge is 2.23. The molecule has 0 bridgehead atoms. The van der Waals surface area contributed by atoms with Gasteiger partial charge in [0.2, 0.25) is 0 Å². The van der Waals surface area contributed by atoms with Crippen molar-refractivity contribution in [2.75, 3.05) is 26.7 Å². The fraction of sp³-hybridized carbons (Fsp3) is 0.500. The molecule has 0 aliphatic rings. The minimum Gasteiger partial charge on any atom is -0.356 e. The van der Waals surface area contributed by atoms with E-state index in [0.717, 1.165) is 23.8 Å². The van der Waals surface area contributed by atoms with Crippen LogP contribution in [0, 0.1) is 6.92 Å². The molecule has 150 valence electrons. The lowest BCUT2D eigenvalue weighted by Crippen LogP contribution is -2.37. The molecular weight excluding hydrogens is 400 g/mol. The Balaban J connectivity index is 1.86. The van der Waals surface area contributed by atoms with Crippen molar-refractivity contribution in [3.05, 3.63) is 38.9 Å². The van der Waals surface area contributed by atoms with E-state index in [9.17, 15) is 8.42 Å². The summed E-state index contributed by atoms with van der Waals surface area (Å²) in [4.78, 5) is 6.57. The van der Waals surface area contributed by atoms with E-state index in [0.29, 0.717) is 23.8 Å². The van der Waals surface area contributed by atoms with E-state index in [2.05, 4.69) is 34.0 Å². The molecule has 2 rings (SSSR count). The zero-order valence-corrected chi connectivity index (χ0v) is 18.7. The van der Waals surface area contributed by atoms with Gasteiger partial charge in [0.15, 0.2) is 5.96 Å². The van der Waals surface area contributed by atoms with Gasteiger partial charge >= 0.3 is 0 Å². The molecule has 0 spiro atoms. The van der Waals surface area contributed by atoms with Gasteiger partial charge in [0.05, 0.1) is 6.54 Å². The zero-order valence-electron chi connectivity index (χ0n) is 16.3. The molecule has 2 N–H and O–H groups in total. The Labute approximate surface area is 170 Å². The SMILES string of the molecule is CCN(CC)S(=O)(=O)c1ccc(CCNC(=NC)NCc2sccc2C)s1. The monoisotopic (exact) mass is 428 g/mol. The molecule has 2 aromatic rings. The average molecular weight is 429 g/mol. The highest BCUT2D eigenvalue weighted by molar-refractivity contribution is 7.91. The number of guanidine groups is 1. The standard InChI is InChI=1S/C18H28N4O2S3/c1-5-22(6-2)27(23,24)17-8-7-15(26-17)9-11-20-18(19-4)21-13-16-14(3)10-12-25-16/h7-8,10,12H,5-6,9,11,13H2,1-4H3,(H2,19,20,21). The average Bonchev–Trinajstić information content (AvgIpc) is 3.28. The number of sulfonamides is 1. The summed E-state index contributed by atoms with van der Waals surface area (Å²) in [6.45, 7) is 8.22. The molecule has 0 aliphatic carbocycles. The third-order valence-corrected chi connectivity index (χ3v) is 8.89. The van der Waals surface area contributed by atoms with Gasteiger partial charge in [0.1, 0.15) is 4.21 Å². The van der Waals surface area contributed by atoms with Gasteiger partial charge in [-0.05, 0) is 42.5 Å². The number of hydrogen-bond donors (Lipinski definition) is 2. The van der Waals surface area contributed by atoms with Crippen molar-refractivity contribution in [3.8, 4) is 0 Å². The van der Waals surface area contributed by atoms with Crippen LogP contribution in [-0.2, 0) is 23.0 Å². The number of hydrogen-bond acceptors (Lipinski definition) is 5. The molecule has 0 aliphatic heterocycles. The van der Waals surface area contributed by atoms with Crippen LogP contribution in [0.15, 0.2) is 32.8 Å². The van der Waals surface area contributed by atoms with Crippen molar-refractivity contribution in [1.82, 2.24) is 14.9 Å². The first kappa shape index (κ1) is 21.9. The lowest BCUT2D eigenvalue weighted by molar-refractivity contribution is 0.447. The second-order valence-electron chi connectivity index (χ2n) is 5.94. The fourth-order valence-electron chi connectivity index (χ4n) is 2.60. The van der Waals surface area contributed by atoms with Gasteiger partial charge in [0.25, 0.3) is 10.0 Å². The van der Waals surface area contributed by atoms with Gasteiger partial charge in [-0.2, -0.15) is 4.31 Å². The van der Waals surface area contributed by atoms with Gasteiger partial charge < -0.3 is 10.6 Å². The van der Waals surface area contributed by atoms with Crippen LogP contribution in [0.1, 0.15) is 29.2 Å². The molecule has 0 atom stereocenters. The molecule has 0 unspecified atom stereocenters. The van der Waals surface area contributed by atoms with E-state index in [1.807, 2.05) is 19.9 Å². The van der Waals surface area contributed by atoms with Gasteiger partial charge in [-0.15, -0.1) is 22.7 Å². The predicted molar refractivity (Wildman–Crippen MR) is 115 cm³/mol. The topological polar surface area (TPSA) is 73.8 Å². The van der Waals surface area contributed by atoms with Crippen molar-refractivity contribution in [2.45, 2.75) is 37.9 Å². The van der Waals surface area contributed by atoms with E-state index in [1.54, 1.807) is 24.5 Å². The minimum atomic E-state index is -3.37. The Bertz CT molecular complexity index is 852. The number of nitrogens with one attached hydrogen (secondary N) is 2. The largest absolute Gasteiger partial charge is 0.356 e. The highest BCUT2D eigenvalue weighted by Crippen LogP contribution is 2.25. The second kappa shape index (κ2) is 10.2. The summed E-state index contributed by atoms with van der Waals surface area (Å²) in [6, 6.07) is 5.72. The Morgan fingerprint density at radius 3 is 2.52 bits per heavy atom. The third kappa shape index (κ3) is 5.78. The summed E-state index contributed by atoms with van der Waals surface area (Å²) in [7, 11) is -1.62. The van der Waals surface area contributed by atoms with Gasteiger partial charge in [0, 0.05) is 36.4 Å². The Morgan fingerprint density at radius 2 is 1.93 bits per heavy atom. The van der Waals surface area contributed by atoms with E-state index in [1.165, 1.54) is 26.1 Å². The maximum Gasteiger partial charge on any atom is 0.252 e. The van der Waals surface area contributed by atoms with Crippen LogP contribution in [0.5, 0.6) is 0 Å². The van der Waals surface area contributed by atoms with Crippen molar-refractivity contribution in [3.63, 3.8) is 0 Å². The van der Waals surface area contributed by atoms with Crippen LogP contribution in [-0.4, -0.2) is 45.4 Å². The third-order valence-electron chi connectivity index (χ3n) is 4.21. The van der Waals surface area contributed by atoms with Crippen LogP contribution >= 0.6 is 22.7 Å². The van der Waals surface area contributed by atoms with Crippen molar-refractivity contribution in [1.29, 1.82) is 0 Å². The minimum absolute atomic E-state index is 0.414. The van der Waals surface area contributed by atoms with Crippen LogP contribution in [0.4, 0.5) is 0 Å². The van der Waals surface area contributed by atoms with Gasteiger partial charge in [-0.1, -0.05) is 13.8 Å². The first-order valence-corrected chi connectivity index (χ1v) is 12.1.